The molecule has 3 heterocycles. The molecule has 0 aliphatic carbocycles. The lowest BCUT2D eigenvalue weighted by Gasteiger charge is -2.21. The van der Waals surface area contributed by atoms with Crippen molar-refractivity contribution in [3.63, 3.8) is 0 Å². The summed E-state index contributed by atoms with van der Waals surface area (Å²) >= 11 is 0. The van der Waals surface area contributed by atoms with Crippen LogP contribution in [0.2, 0.25) is 0 Å². The molecule has 1 aliphatic heterocycles. The lowest BCUT2D eigenvalue weighted by atomic mass is 10.1. The summed E-state index contributed by atoms with van der Waals surface area (Å²) < 4.78 is 19.8. The van der Waals surface area contributed by atoms with Crippen LogP contribution in [0.3, 0.4) is 0 Å². The average Bonchev–Trinajstić information content (AvgIpc) is 3.24. The zero-order valence-corrected chi connectivity index (χ0v) is 15.7. The van der Waals surface area contributed by atoms with Crippen LogP contribution in [0.1, 0.15) is 23.3 Å². The van der Waals surface area contributed by atoms with Crippen LogP contribution in [0.4, 0.5) is 15.9 Å². The van der Waals surface area contributed by atoms with Gasteiger partial charge in [-0.25, -0.2) is 4.98 Å². The van der Waals surface area contributed by atoms with E-state index in [-0.39, 0.29) is 35.5 Å². The number of carbonyl (C=O) groups is 2. The third-order valence-electron chi connectivity index (χ3n) is 4.47. The summed E-state index contributed by atoms with van der Waals surface area (Å²) in [5.41, 5.74) is 0.888. The summed E-state index contributed by atoms with van der Waals surface area (Å²) in [7, 11) is 0. The van der Waals surface area contributed by atoms with Crippen molar-refractivity contribution in [2.24, 2.45) is 0 Å². The molecule has 3 aromatic rings. The highest BCUT2D eigenvalue weighted by Gasteiger charge is 2.27. The van der Waals surface area contributed by atoms with Gasteiger partial charge in [-0.05, 0) is 37.3 Å². The Hall–Kier alpha value is -3.86. The third kappa shape index (κ3) is 3.70. The van der Waals surface area contributed by atoms with E-state index in [9.17, 15) is 19.1 Å². The van der Waals surface area contributed by atoms with Crippen LogP contribution >= 0.6 is 0 Å². The summed E-state index contributed by atoms with van der Waals surface area (Å²) in [6.07, 6.45) is -0.589. The van der Waals surface area contributed by atoms with Crippen LogP contribution in [0, 0.1) is 0 Å². The van der Waals surface area contributed by atoms with Gasteiger partial charge in [0.15, 0.2) is 5.82 Å². The number of aliphatic hydroxyl groups excluding tert-OH is 1. The molecule has 11 heteroatoms. The van der Waals surface area contributed by atoms with Crippen molar-refractivity contribution in [3.8, 4) is 17.3 Å². The molecule has 3 N–H and O–H groups in total. The standard InChI is InChI=1S/C19H17FN6O4/c1-10(8-27)26-9-21-25-17(26)12-3-2-4-15(22-12)24-18(28)11-5-6-14-13(7-11)23-19(29)16(20)30-14/h2-7,9-10,16,27H,8H2,1H3,(H,23,29)(H,22,24,28). The molecule has 2 aromatic heterocycles. The Morgan fingerprint density at radius 1 is 1.40 bits per heavy atom. The first kappa shape index (κ1) is 19.5. The smallest absolute Gasteiger partial charge is 0.317 e. The molecular weight excluding hydrogens is 395 g/mol. The summed E-state index contributed by atoms with van der Waals surface area (Å²) in [5, 5.41) is 22.3. The highest BCUT2D eigenvalue weighted by atomic mass is 19.1. The van der Waals surface area contributed by atoms with Gasteiger partial charge in [0.1, 0.15) is 23.6 Å². The largest absolute Gasteiger partial charge is 0.450 e. The van der Waals surface area contributed by atoms with Gasteiger partial charge >= 0.3 is 6.36 Å². The van der Waals surface area contributed by atoms with Gasteiger partial charge in [0, 0.05) is 5.56 Å². The number of aromatic nitrogens is 4. The molecule has 0 saturated heterocycles. The van der Waals surface area contributed by atoms with E-state index in [0.717, 1.165) is 0 Å². The maximum atomic E-state index is 13.3. The minimum atomic E-state index is -2.08. The van der Waals surface area contributed by atoms with E-state index in [0.29, 0.717) is 11.5 Å². The van der Waals surface area contributed by atoms with Crippen molar-refractivity contribution >= 4 is 23.3 Å². The number of rotatable bonds is 5. The number of hydrogen-bond donors (Lipinski definition) is 3. The molecule has 2 unspecified atom stereocenters. The number of alkyl halides is 1. The van der Waals surface area contributed by atoms with Crippen molar-refractivity contribution in [1.82, 2.24) is 19.7 Å². The van der Waals surface area contributed by atoms with Gasteiger partial charge in [-0.3, -0.25) is 9.59 Å². The first-order chi connectivity index (χ1) is 14.5. The first-order valence-electron chi connectivity index (χ1n) is 9.01. The van der Waals surface area contributed by atoms with Crippen molar-refractivity contribution in [3.05, 3.63) is 48.3 Å². The van der Waals surface area contributed by atoms with Crippen molar-refractivity contribution < 1.29 is 23.8 Å². The number of benzene rings is 1. The third-order valence-corrected chi connectivity index (χ3v) is 4.47. The normalized spacial score (nSPS) is 16.2. The van der Waals surface area contributed by atoms with E-state index >= 15 is 0 Å². The molecular formula is C19H17FN6O4. The van der Waals surface area contributed by atoms with Gasteiger partial charge in [-0.1, -0.05) is 6.07 Å². The number of fused-ring (bicyclic) bond motifs is 1. The highest BCUT2D eigenvalue weighted by Crippen LogP contribution is 2.31. The van der Waals surface area contributed by atoms with E-state index in [1.165, 1.54) is 24.5 Å². The second kappa shape index (κ2) is 7.87. The van der Waals surface area contributed by atoms with Gasteiger partial charge in [0.2, 0.25) is 0 Å². The predicted molar refractivity (Wildman–Crippen MR) is 104 cm³/mol. The van der Waals surface area contributed by atoms with E-state index in [1.54, 1.807) is 22.8 Å². The Balaban J connectivity index is 1.55. The molecule has 0 saturated carbocycles. The molecule has 1 aliphatic rings. The fourth-order valence-electron chi connectivity index (χ4n) is 2.88. The van der Waals surface area contributed by atoms with Gasteiger partial charge in [0.25, 0.3) is 11.8 Å². The van der Waals surface area contributed by atoms with Crippen LogP contribution in [-0.4, -0.2) is 49.6 Å². The second-order valence-electron chi connectivity index (χ2n) is 6.59. The number of ether oxygens (including phenoxy) is 1. The van der Waals surface area contributed by atoms with Crippen molar-refractivity contribution in [2.75, 3.05) is 17.2 Å². The highest BCUT2D eigenvalue weighted by molar-refractivity contribution is 6.06. The van der Waals surface area contributed by atoms with Crippen LogP contribution in [0.15, 0.2) is 42.7 Å². The van der Waals surface area contributed by atoms with Gasteiger partial charge in [0.05, 0.1) is 18.3 Å². The summed E-state index contributed by atoms with van der Waals surface area (Å²) in [6, 6.07) is 9.00. The molecule has 0 fully saturated rings. The molecule has 4 rings (SSSR count). The van der Waals surface area contributed by atoms with E-state index in [2.05, 4.69) is 25.8 Å². The Labute approximate surface area is 169 Å². The molecule has 2 amide bonds. The van der Waals surface area contributed by atoms with E-state index in [1.807, 2.05) is 6.92 Å². The molecule has 1 aromatic carbocycles. The van der Waals surface area contributed by atoms with E-state index in [4.69, 9.17) is 4.74 Å². The molecule has 30 heavy (non-hydrogen) atoms. The number of pyridine rings is 1. The number of aliphatic hydroxyl groups is 1. The minimum Gasteiger partial charge on any atom is -0.450 e. The number of anilines is 2. The van der Waals surface area contributed by atoms with Crippen LogP contribution in [0.5, 0.6) is 5.75 Å². The maximum absolute atomic E-state index is 13.3. The predicted octanol–water partition coefficient (Wildman–Crippen LogP) is 1.77. The first-order valence-corrected chi connectivity index (χ1v) is 9.01. The quantitative estimate of drug-likeness (QED) is 0.582. The molecule has 0 bridgehead atoms. The number of hydrogen-bond acceptors (Lipinski definition) is 7. The van der Waals surface area contributed by atoms with Crippen molar-refractivity contribution in [2.45, 2.75) is 19.3 Å². The van der Waals surface area contributed by atoms with Crippen LogP contribution in [-0.2, 0) is 4.79 Å². The molecule has 10 nitrogen and oxygen atoms in total. The topological polar surface area (TPSA) is 131 Å². The number of nitrogens with zero attached hydrogens (tertiary/aromatic N) is 4. The van der Waals surface area contributed by atoms with Gasteiger partial charge < -0.3 is 25.0 Å². The minimum absolute atomic E-state index is 0.0940. The number of amides is 2. The van der Waals surface area contributed by atoms with Crippen LogP contribution in [0.25, 0.3) is 11.5 Å². The summed E-state index contributed by atoms with van der Waals surface area (Å²) in [5.74, 6) is -0.566. The zero-order valence-electron chi connectivity index (χ0n) is 15.7. The Bertz CT molecular complexity index is 1120. The Morgan fingerprint density at radius 3 is 3.03 bits per heavy atom. The zero-order chi connectivity index (χ0) is 21.3. The summed E-state index contributed by atoms with van der Waals surface area (Å²) in [6.45, 7) is 1.71. The molecule has 154 valence electrons. The Morgan fingerprint density at radius 2 is 2.23 bits per heavy atom. The molecule has 0 spiro atoms. The molecule has 0 radical (unpaired) electrons. The van der Waals surface area contributed by atoms with Crippen LogP contribution < -0.4 is 15.4 Å². The number of nitrogens with one attached hydrogen (secondary N) is 2. The lowest BCUT2D eigenvalue weighted by Crippen LogP contribution is -2.33. The monoisotopic (exact) mass is 412 g/mol. The van der Waals surface area contributed by atoms with Gasteiger partial charge in [-0.2, -0.15) is 4.39 Å². The van der Waals surface area contributed by atoms with Gasteiger partial charge in [-0.15, -0.1) is 10.2 Å². The summed E-state index contributed by atoms with van der Waals surface area (Å²) in [4.78, 5) is 28.4. The maximum Gasteiger partial charge on any atom is 0.317 e. The Kier molecular flexibility index (Phi) is 5.11. The number of halogens is 1. The average molecular weight is 412 g/mol. The van der Waals surface area contributed by atoms with E-state index < -0.39 is 18.2 Å². The fraction of sp³-hybridized carbons (Fsp3) is 0.211. The molecule has 2 atom stereocenters. The lowest BCUT2D eigenvalue weighted by molar-refractivity contribution is -0.130. The number of carbonyl (C=O) groups excluding carboxylic acids is 2. The van der Waals surface area contributed by atoms with Crippen molar-refractivity contribution in [1.29, 1.82) is 0 Å². The SMILES string of the molecule is CC(CO)n1cnnc1-c1cccc(NC(=O)c2ccc3c(c2)NC(=O)C(F)O3)n1. The fourth-order valence-corrected chi connectivity index (χ4v) is 2.88. The second-order valence-corrected chi connectivity index (χ2v) is 6.59.